The zero-order chi connectivity index (χ0) is 15.3. The molecule has 0 saturated carbocycles. The van der Waals surface area contributed by atoms with Crippen LogP contribution in [0.25, 0.3) is 0 Å². The fourth-order valence-corrected chi connectivity index (χ4v) is 1.63. The van der Waals surface area contributed by atoms with Crippen LogP contribution in [0, 0.1) is 5.82 Å². The summed E-state index contributed by atoms with van der Waals surface area (Å²) in [5.74, 6) is -0.391. The first-order valence-corrected chi connectivity index (χ1v) is 6.02. The Morgan fingerprint density at radius 3 is 2.52 bits per heavy atom. The Bertz CT molecular complexity index is 638. The first-order valence-electron chi connectivity index (χ1n) is 6.02. The SMILES string of the molecule is Fc1cccc(CON=Cc2cccc(C(F)(F)F)c2)c1. The Balaban J connectivity index is 1.96. The largest absolute Gasteiger partial charge is 0.416 e. The molecule has 0 atom stereocenters. The van der Waals surface area contributed by atoms with Crippen LogP contribution in [0.3, 0.4) is 0 Å². The Kier molecular flexibility index (Phi) is 4.57. The number of hydrogen-bond donors (Lipinski definition) is 0. The summed E-state index contributed by atoms with van der Waals surface area (Å²) < 4.78 is 50.4. The van der Waals surface area contributed by atoms with Crippen LogP contribution in [-0.2, 0) is 17.6 Å². The first-order chi connectivity index (χ1) is 9.95. The van der Waals surface area contributed by atoms with E-state index in [0.717, 1.165) is 12.1 Å². The lowest BCUT2D eigenvalue weighted by atomic mass is 10.1. The van der Waals surface area contributed by atoms with E-state index in [-0.39, 0.29) is 12.2 Å². The first kappa shape index (κ1) is 15.0. The van der Waals surface area contributed by atoms with Crippen molar-refractivity contribution in [3.8, 4) is 0 Å². The van der Waals surface area contributed by atoms with Gasteiger partial charge in [-0.2, -0.15) is 13.2 Å². The van der Waals surface area contributed by atoms with E-state index in [2.05, 4.69) is 5.16 Å². The molecule has 2 aromatic carbocycles. The van der Waals surface area contributed by atoms with Crippen molar-refractivity contribution < 1.29 is 22.4 Å². The number of halogens is 4. The molecule has 0 N–H and O–H groups in total. The molecular weight excluding hydrogens is 286 g/mol. The molecule has 0 unspecified atom stereocenters. The fraction of sp³-hybridized carbons (Fsp3) is 0.133. The van der Waals surface area contributed by atoms with Crippen molar-refractivity contribution in [2.24, 2.45) is 5.16 Å². The highest BCUT2D eigenvalue weighted by atomic mass is 19.4. The summed E-state index contributed by atoms with van der Waals surface area (Å²) in [4.78, 5) is 4.93. The van der Waals surface area contributed by atoms with Crippen molar-refractivity contribution in [1.82, 2.24) is 0 Å². The molecule has 2 rings (SSSR count). The summed E-state index contributed by atoms with van der Waals surface area (Å²) in [6.07, 6.45) is -3.22. The highest BCUT2D eigenvalue weighted by Crippen LogP contribution is 2.29. The normalized spacial score (nSPS) is 11.8. The molecule has 0 aromatic heterocycles. The summed E-state index contributed by atoms with van der Waals surface area (Å²) in [6, 6.07) is 10.5. The van der Waals surface area contributed by atoms with E-state index in [1.54, 1.807) is 6.07 Å². The van der Waals surface area contributed by atoms with Gasteiger partial charge in [-0.1, -0.05) is 29.4 Å². The average molecular weight is 297 g/mol. The van der Waals surface area contributed by atoms with Crippen LogP contribution in [-0.4, -0.2) is 6.21 Å². The smallest absolute Gasteiger partial charge is 0.391 e. The van der Waals surface area contributed by atoms with Crippen LogP contribution in [0.15, 0.2) is 53.7 Å². The zero-order valence-corrected chi connectivity index (χ0v) is 10.8. The Hall–Kier alpha value is -2.37. The van der Waals surface area contributed by atoms with Gasteiger partial charge < -0.3 is 4.84 Å². The predicted molar refractivity (Wildman–Crippen MR) is 70.2 cm³/mol. The van der Waals surface area contributed by atoms with E-state index >= 15 is 0 Å². The molecule has 0 bridgehead atoms. The summed E-state index contributed by atoms with van der Waals surface area (Å²) in [5.41, 5.74) is 0.0943. The Morgan fingerprint density at radius 1 is 1.05 bits per heavy atom. The standard InChI is InChI=1S/C15H11F4NO/c16-14-6-2-4-12(8-14)10-21-20-9-11-3-1-5-13(7-11)15(17,18)19/h1-9H,10H2. The van der Waals surface area contributed by atoms with Crippen LogP contribution in [0.5, 0.6) is 0 Å². The second-order valence-electron chi connectivity index (χ2n) is 4.26. The van der Waals surface area contributed by atoms with Crippen molar-refractivity contribution in [1.29, 1.82) is 0 Å². The van der Waals surface area contributed by atoms with Gasteiger partial charge in [0.15, 0.2) is 0 Å². The number of nitrogens with zero attached hydrogens (tertiary/aromatic N) is 1. The van der Waals surface area contributed by atoms with E-state index in [0.29, 0.717) is 5.56 Å². The molecule has 0 aliphatic heterocycles. The molecule has 0 fully saturated rings. The third-order valence-electron chi connectivity index (χ3n) is 2.61. The van der Waals surface area contributed by atoms with Gasteiger partial charge in [-0.05, 0) is 35.4 Å². The third-order valence-corrected chi connectivity index (χ3v) is 2.61. The van der Waals surface area contributed by atoms with Gasteiger partial charge in [0.1, 0.15) is 12.4 Å². The number of oxime groups is 1. The van der Waals surface area contributed by atoms with Crippen LogP contribution in [0.1, 0.15) is 16.7 Å². The second-order valence-corrected chi connectivity index (χ2v) is 4.26. The second kappa shape index (κ2) is 6.39. The molecule has 0 aliphatic rings. The number of hydrogen-bond acceptors (Lipinski definition) is 2. The molecule has 2 nitrogen and oxygen atoms in total. The van der Waals surface area contributed by atoms with Gasteiger partial charge in [0, 0.05) is 0 Å². The number of benzene rings is 2. The Morgan fingerprint density at radius 2 is 1.81 bits per heavy atom. The molecule has 21 heavy (non-hydrogen) atoms. The maximum Gasteiger partial charge on any atom is 0.416 e. The summed E-state index contributed by atoms with van der Waals surface area (Å²) in [6.45, 7) is 0.0349. The molecule has 0 aliphatic carbocycles. The van der Waals surface area contributed by atoms with Gasteiger partial charge in [-0.3, -0.25) is 0 Å². The monoisotopic (exact) mass is 297 g/mol. The molecule has 6 heteroatoms. The van der Waals surface area contributed by atoms with Crippen LogP contribution < -0.4 is 0 Å². The van der Waals surface area contributed by atoms with Crippen LogP contribution in [0.4, 0.5) is 17.6 Å². The van der Waals surface area contributed by atoms with Crippen LogP contribution >= 0.6 is 0 Å². The van der Waals surface area contributed by atoms with Crippen molar-refractivity contribution >= 4 is 6.21 Å². The average Bonchev–Trinajstić information content (AvgIpc) is 2.43. The van der Waals surface area contributed by atoms with Crippen molar-refractivity contribution in [2.75, 3.05) is 0 Å². The molecular formula is C15H11F4NO. The lowest BCUT2D eigenvalue weighted by Gasteiger charge is -2.06. The molecule has 0 radical (unpaired) electrons. The van der Waals surface area contributed by atoms with E-state index < -0.39 is 17.6 Å². The molecule has 0 heterocycles. The zero-order valence-electron chi connectivity index (χ0n) is 10.8. The van der Waals surface area contributed by atoms with E-state index in [1.807, 2.05) is 0 Å². The van der Waals surface area contributed by atoms with Gasteiger partial charge >= 0.3 is 6.18 Å². The number of rotatable bonds is 4. The topological polar surface area (TPSA) is 21.6 Å². The van der Waals surface area contributed by atoms with Gasteiger partial charge in [-0.15, -0.1) is 0 Å². The molecule has 0 amide bonds. The third kappa shape index (κ3) is 4.59. The lowest BCUT2D eigenvalue weighted by molar-refractivity contribution is -0.137. The van der Waals surface area contributed by atoms with Crippen molar-refractivity contribution in [3.05, 3.63) is 71.0 Å². The minimum absolute atomic E-state index is 0.0349. The molecule has 2 aromatic rings. The quantitative estimate of drug-likeness (QED) is 0.466. The van der Waals surface area contributed by atoms with Gasteiger partial charge in [0.25, 0.3) is 0 Å². The minimum atomic E-state index is -4.40. The fourth-order valence-electron chi connectivity index (χ4n) is 1.63. The minimum Gasteiger partial charge on any atom is -0.391 e. The predicted octanol–water partition coefficient (Wildman–Crippen LogP) is 4.40. The molecule has 110 valence electrons. The van der Waals surface area contributed by atoms with Crippen molar-refractivity contribution in [2.45, 2.75) is 12.8 Å². The highest BCUT2D eigenvalue weighted by Gasteiger charge is 2.30. The summed E-state index contributed by atoms with van der Waals surface area (Å²) >= 11 is 0. The highest BCUT2D eigenvalue weighted by molar-refractivity contribution is 5.79. The van der Waals surface area contributed by atoms with Gasteiger partial charge in [0.2, 0.25) is 0 Å². The molecule has 0 spiro atoms. The lowest BCUT2D eigenvalue weighted by Crippen LogP contribution is -2.05. The maximum atomic E-state index is 12.9. The van der Waals surface area contributed by atoms with Gasteiger partial charge in [-0.25, -0.2) is 4.39 Å². The van der Waals surface area contributed by atoms with E-state index in [4.69, 9.17) is 4.84 Å². The van der Waals surface area contributed by atoms with E-state index in [1.165, 1.54) is 36.5 Å². The summed E-state index contributed by atoms with van der Waals surface area (Å²) in [5, 5.41) is 3.57. The Labute approximate surface area is 118 Å². The molecule has 0 saturated heterocycles. The van der Waals surface area contributed by atoms with E-state index in [9.17, 15) is 17.6 Å². The summed E-state index contributed by atoms with van der Waals surface area (Å²) in [7, 11) is 0. The van der Waals surface area contributed by atoms with Gasteiger partial charge in [0.05, 0.1) is 11.8 Å². The van der Waals surface area contributed by atoms with Crippen molar-refractivity contribution in [3.63, 3.8) is 0 Å². The number of alkyl halides is 3. The maximum absolute atomic E-state index is 12.9. The van der Waals surface area contributed by atoms with Crippen LogP contribution in [0.2, 0.25) is 0 Å².